The van der Waals surface area contributed by atoms with E-state index >= 15 is 0 Å². The van der Waals surface area contributed by atoms with E-state index in [1.807, 2.05) is 0 Å². The van der Waals surface area contributed by atoms with Gasteiger partial charge in [-0.05, 0) is 18.2 Å². The highest BCUT2D eigenvalue weighted by molar-refractivity contribution is 6.41. The number of benzene rings is 1. The third kappa shape index (κ3) is 2.61. The summed E-state index contributed by atoms with van der Waals surface area (Å²) in [7, 11) is 0. The molecular weight excluding hydrogens is 271 g/mol. The van der Waals surface area contributed by atoms with Gasteiger partial charge in [0.15, 0.2) is 0 Å². The molecule has 0 N–H and O–H groups in total. The molecule has 0 saturated carbocycles. The molecule has 0 bridgehead atoms. The number of halogens is 2. The number of piperazine rings is 1. The SMILES string of the molecule is C=CCN1CCN(c2ccc(F)c(Cl)c2)C(=O)C1=O. The molecule has 1 fully saturated rings. The van der Waals surface area contributed by atoms with Crippen molar-refractivity contribution in [3.63, 3.8) is 0 Å². The molecule has 0 radical (unpaired) electrons. The predicted molar refractivity (Wildman–Crippen MR) is 70.5 cm³/mol. The van der Waals surface area contributed by atoms with Gasteiger partial charge in [0, 0.05) is 25.3 Å². The van der Waals surface area contributed by atoms with E-state index in [1.54, 1.807) is 6.08 Å². The average Bonchev–Trinajstić information content (AvgIpc) is 2.39. The van der Waals surface area contributed by atoms with Gasteiger partial charge in [-0.2, -0.15) is 0 Å². The van der Waals surface area contributed by atoms with Crippen molar-refractivity contribution in [2.45, 2.75) is 0 Å². The third-order valence-electron chi connectivity index (χ3n) is 2.87. The number of hydrogen-bond acceptors (Lipinski definition) is 2. The van der Waals surface area contributed by atoms with Gasteiger partial charge in [0.1, 0.15) is 5.82 Å². The van der Waals surface area contributed by atoms with Gasteiger partial charge in [-0.15, -0.1) is 6.58 Å². The molecule has 1 aromatic rings. The first kappa shape index (κ1) is 13.5. The van der Waals surface area contributed by atoms with E-state index < -0.39 is 17.6 Å². The van der Waals surface area contributed by atoms with Gasteiger partial charge in [-0.3, -0.25) is 9.59 Å². The maximum atomic E-state index is 13.1. The number of rotatable bonds is 3. The lowest BCUT2D eigenvalue weighted by molar-refractivity contribution is -0.145. The minimum atomic E-state index is -0.643. The molecule has 0 aliphatic carbocycles. The van der Waals surface area contributed by atoms with E-state index in [-0.39, 0.29) is 5.02 Å². The van der Waals surface area contributed by atoms with Crippen molar-refractivity contribution >= 4 is 29.1 Å². The van der Waals surface area contributed by atoms with Crippen LogP contribution in [0.5, 0.6) is 0 Å². The summed E-state index contributed by atoms with van der Waals surface area (Å²) in [5.74, 6) is -1.79. The summed E-state index contributed by atoms with van der Waals surface area (Å²) in [5.41, 5.74) is 0.419. The first-order valence-electron chi connectivity index (χ1n) is 5.71. The van der Waals surface area contributed by atoms with Crippen LogP contribution in [0.15, 0.2) is 30.9 Å². The quantitative estimate of drug-likeness (QED) is 0.627. The normalized spacial score (nSPS) is 15.9. The Balaban J connectivity index is 2.23. The fraction of sp³-hybridized carbons (Fsp3) is 0.231. The van der Waals surface area contributed by atoms with Crippen LogP contribution in [-0.2, 0) is 9.59 Å². The van der Waals surface area contributed by atoms with Crippen LogP contribution in [0, 0.1) is 5.82 Å². The van der Waals surface area contributed by atoms with Gasteiger partial charge in [-0.25, -0.2) is 4.39 Å². The molecule has 6 heteroatoms. The summed E-state index contributed by atoms with van der Waals surface area (Å²) >= 11 is 5.67. The van der Waals surface area contributed by atoms with Crippen LogP contribution < -0.4 is 4.90 Å². The summed E-state index contributed by atoms with van der Waals surface area (Å²) in [6.45, 7) is 4.63. The number of anilines is 1. The van der Waals surface area contributed by atoms with E-state index in [0.717, 1.165) is 0 Å². The molecule has 0 spiro atoms. The van der Waals surface area contributed by atoms with Crippen LogP contribution in [-0.4, -0.2) is 36.3 Å². The lowest BCUT2D eigenvalue weighted by Gasteiger charge is -2.33. The highest BCUT2D eigenvalue weighted by Crippen LogP contribution is 2.24. The highest BCUT2D eigenvalue weighted by Gasteiger charge is 2.32. The lowest BCUT2D eigenvalue weighted by Crippen LogP contribution is -2.54. The molecule has 2 rings (SSSR count). The zero-order valence-corrected chi connectivity index (χ0v) is 10.9. The predicted octanol–water partition coefficient (Wildman–Crippen LogP) is 1.84. The molecular formula is C13H12ClFN2O2. The van der Waals surface area contributed by atoms with Gasteiger partial charge in [0.2, 0.25) is 0 Å². The highest BCUT2D eigenvalue weighted by atomic mass is 35.5. The Hall–Kier alpha value is -1.88. The second-order valence-electron chi connectivity index (χ2n) is 4.10. The third-order valence-corrected chi connectivity index (χ3v) is 3.16. The van der Waals surface area contributed by atoms with E-state index in [1.165, 1.54) is 28.0 Å². The minimum Gasteiger partial charge on any atom is -0.329 e. The van der Waals surface area contributed by atoms with Crippen molar-refractivity contribution in [2.75, 3.05) is 24.5 Å². The number of carbonyl (C=O) groups excluding carboxylic acids is 2. The summed E-state index contributed by atoms with van der Waals surface area (Å²) in [5, 5.41) is -0.0775. The first-order valence-corrected chi connectivity index (χ1v) is 6.09. The van der Waals surface area contributed by atoms with Crippen molar-refractivity contribution in [3.05, 3.63) is 41.7 Å². The number of carbonyl (C=O) groups is 2. The monoisotopic (exact) mass is 282 g/mol. The van der Waals surface area contributed by atoms with Crippen LogP contribution in [0.1, 0.15) is 0 Å². The Labute approximate surface area is 115 Å². The van der Waals surface area contributed by atoms with E-state index in [4.69, 9.17) is 11.6 Å². The van der Waals surface area contributed by atoms with E-state index in [0.29, 0.717) is 25.3 Å². The summed E-state index contributed by atoms with van der Waals surface area (Å²) in [6, 6.07) is 3.94. The Morgan fingerprint density at radius 3 is 2.68 bits per heavy atom. The summed E-state index contributed by atoms with van der Waals surface area (Å²) in [6.07, 6.45) is 1.57. The van der Waals surface area contributed by atoms with Crippen LogP contribution in [0.25, 0.3) is 0 Å². The second kappa shape index (κ2) is 5.40. The van der Waals surface area contributed by atoms with E-state index in [2.05, 4.69) is 6.58 Å². The molecule has 0 aromatic heterocycles. The largest absolute Gasteiger partial charge is 0.329 e. The van der Waals surface area contributed by atoms with Crippen LogP contribution >= 0.6 is 11.6 Å². The lowest BCUT2D eigenvalue weighted by atomic mass is 10.2. The molecule has 0 atom stereocenters. The average molecular weight is 283 g/mol. The van der Waals surface area contributed by atoms with Gasteiger partial charge >= 0.3 is 11.8 Å². The molecule has 0 unspecified atom stereocenters. The fourth-order valence-electron chi connectivity index (χ4n) is 1.90. The number of amides is 2. The Kier molecular flexibility index (Phi) is 3.85. The standard InChI is InChI=1S/C13H12ClFN2O2/c1-2-5-16-6-7-17(13(19)12(16)18)9-3-4-11(15)10(14)8-9/h2-4,8H,1,5-7H2. The summed E-state index contributed by atoms with van der Waals surface area (Å²) in [4.78, 5) is 26.5. The van der Waals surface area contributed by atoms with Crippen molar-refractivity contribution in [3.8, 4) is 0 Å². The van der Waals surface area contributed by atoms with Gasteiger partial charge < -0.3 is 9.80 Å². The molecule has 1 aliphatic rings. The number of nitrogens with zero attached hydrogens (tertiary/aromatic N) is 2. The molecule has 1 aliphatic heterocycles. The molecule has 1 saturated heterocycles. The van der Waals surface area contributed by atoms with Crippen molar-refractivity contribution < 1.29 is 14.0 Å². The molecule has 4 nitrogen and oxygen atoms in total. The fourth-order valence-corrected chi connectivity index (χ4v) is 2.08. The minimum absolute atomic E-state index is 0.0775. The van der Waals surface area contributed by atoms with Crippen molar-refractivity contribution in [2.24, 2.45) is 0 Å². The Morgan fingerprint density at radius 2 is 2.05 bits per heavy atom. The Bertz CT molecular complexity index is 547. The smallest absolute Gasteiger partial charge is 0.316 e. The molecule has 19 heavy (non-hydrogen) atoms. The molecule has 100 valence electrons. The van der Waals surface area contributed by atoms with Crippen LogP contribution in [0.3, 0.4) is 0 Å². The van der Waals surface area contributed by atoms with Gasteiger partial charge in [0.25, 0.3) is 0 Å². The van der Waals surface area contributed by atoms with Crippen molar-refractivity contribution in [1.82, 2.24) is 4.90 Å². The maximum absolute atomic E-state index is 13.1. The van der Waals surface area contributed by atoms with Crippen molar-refractivity contribution in [1.29, 1.82) is 0 Å². The molecule has 1 heterocycles. The zero-order chi connectivity index (χ0) is 14.0. The second-order valence-corrected chi connectivity index (χ2v) is 4.50. The topological polar surface area (TPSA) is 40.6 Å². The van der Waals surface area contributed by atoms with Gasteiger partial charge in [0.05, 0.1) is 5.02 Å². The van der Waals surface area contributed by atoms with Crippen LogP contribution in [0.4, 0.5) is 10.1 Å². The van der Waals surface area contributed by atoms with Crippen LogP contribution in [0.2, 0.25) is 5.02 Å². The summed E-state index contributed by atoms with van der Waals surface area (Å²) < 4.78 is 13.1. The maximum Gasteiger partial charge on any atom is 0.316 e. The molecule has 1 aromatic carbocycles. The van der Waals surface area contributed by atoms with Gasteiger partial charge in [-0.1, -0.05) is 17.7 Å². The van der Waals surface area contributed by atoms with E-state index in [9.17, 15) is 14.0 Å². The molecule has 2 amide bonds. The Morgan fingerprint density at radius 1 is 1.32 bits per heavy atom. The first-order chi connectivity index (χ1) is 9.04. The number of hydrogen-bond donors (Lipinski definition) is 0. The zero-order valence-electron chi connectivity index (χ0n) is 10.1.